The number of nitrogen functional groups attached to an aromatic ring is 2. The van der Waals surface area contributed by atoms with Crippen LogP contribution >= 0.6 is 0 Å². The van der Waals surface area contributed by atoms with E-state index in [-0.39, 0.29) is 22.7 Å². The van der Waals surface area contributed by atoms with Gasteiger partial charge in [0.15, 0.2) is 5.82 Å². The first-order valence-corrected chi connectivity index (χ1v) is 16.6. The van der Waals surface area contributed by atoms with Gasteiger partial charge in [0.05, 0.1) is 18.5 Å². The van der Waals surface area contributed by atoms with Crippen LogP contribution in [-0.4, -0.2) is 37.0 Å². The molecule has 0 radical (unpaired) electrons. The number of rotatable bonds is 9. The fourth-order valence-electron chi connectivity index (χ4n) is 6.37. The molecule has 0 spiro atoms. The SMILES string of the molecule is COc1ncccc1Nc1nc(N)c(N)c([C@H]2CCCC[C@H]2CO[Si](c2ccccc2)(c2ccccc2)C(C)(C)C)n1. The van der Waals surface area contributed by atoms with Gasteiger partial charge in [-0.3, -0.25) is 0 Å². The molecule has 2 heterocycles. The summed E-state index contributed by atoms with van der Waals surface area (Å²) in [5.41, 5.74) is 14.8. The molecule has 0 bridgehead atoms. The number of ether oxygens (including phenoxy) is 1. The largest absolute Gasteiger partial charge is 0.480 e. The van der Waals surface area contributed by atoms with Crippen LogP contribution in [0.3, 0.4) is 0 Å². The van der Waals surface area contributed by atoms with Crippen molar-refractivity contribution in [3.63, 3.8) is 0 Å². The Bertz CT molecular complexity index is 1440. The third-order valence-electron chi connectivity index (χ3n) is 8.41. The summed E-state index contributed by atoms with van der Waals surface area (Å²) in [4.78, 5) is 13.6. The van der Waals surface area contributed by atoms with Gasteiger partial charge in [-0.1, -0.05) is 94.3 Å². The van der Waals surface area contributed by atoms with Crippen LogP contribution < -0.4 is 31.9 Å². The summed E-state index contributed by atoms with van der Waals surface area (Å²) in [5, 5.41) is 5.69. The van der Waals surface area contributed by atoms with E-state index in [0.29, 0.717) is 29.8 Å². The minimum absolute atomic E-state index is 0.0959. The molecule has 2 aromatic heterocycles. The van der Waals surface area contributed by atoms with Gasteiger partial charge in [-0.05, 0) is 46.3 Å². The number of pyridine rings is 1. The van der Waals surface area contributed by atoms with E-state index in [1.807, 2.05) is 12.1 Å². The van der Waals surface area contributed by atoms with Crippen LogP contribution in [0.5, 0.6) is 5.88 Å². The minimum Gasteiger partial charge on any atom is -0.480 e. The number of hydrogen-bond acceptors (Lipinski definition) is 8. The average molecular weight is 583 g/mol. The summed E-state index contributed by atoms with van der Waals surface area (Å²) < 4.78 is 12.8. The van der Waals surface area contributed by atoms with E-state index in [1.165, 1.54) is 10.4 Å². The lowest BCUT2D eigenvalue weighted by Gasteiger charge is -2.44. The highest BCUT2D eigenvalue weighted by Crippen LogP contribution is 2.43. The highest BCUT2D eigenvalue weighted by molar-refractivity contribution is 6.99. The second-order valence-corrected chi connectivity index (χ2v) is 16.3. The Morgan fingerprint density at radius 2 is 1.52 bits per heavy atom. The molecule has 2 atom stereocenters. The van der Waals surface area contributed by atoms with Gasteiger partial charge in [0, 0.05) is 18.7 Å². The molecule has 4 aromatic rings. The summed E-state index contributed by atoms with van der Waals surface area (Å²) in [6.07, 6.45) is 5.91. The number of methoxy groups -OCH3 is 1. The Morgan fingerprint density at radius 1 is 0.881 bits per heavy atom. The van der Waals surface area contributed by atoms with Gasteiger partial charge < -0.3 is 25.9 Å². The van der Waals surface area contributed by atoms with Crippen molar-refractivity contribution < 1.29 is 9.16 Å². The van der Waals surface area contributed by atoms with E-state index < -0.39 is 8.32 Å². The molecular weight excluding hydrogens is 540 g/mol. The molecule has 1 aliphatic carbocycles. The third kappa shape index (κ3) is 5.84. The number of benzene rings is 2. The molecular formula is C33H42N6O2Si. The van der Waals surface area contributed by atoms with Crippen LogP contribution in [0.25, 0.3) is 0 Å². The van der Waals surface area contributed by atoms with Crippen molar-refractivity contribution in [2.75, 3.05) is 30.5 Å². The number of nitrogens with zero attached hydrogens (tertiary/aromatic N) is 3. The molecule has 1 aliphatic rings. The van der Waals surface area contributed by atoms with E-state index in [0.717, 1.165) is 31.4 Å². The Morgan fingerprint density at radius 3 is 2.14 bits per heavy atom. The molecule has 1 saturated carbocycles. The van der Waals surface area contributed by atoms with Crippen molar-refractivity contribution in [1.29, 1.82) is 0 Å². The summed E-state index contributed by atoms with van der Waals surface area (Å²) in [5.74, 6) is 1.42. The number of hydrogen-bond donors (Lipinski definition) is 3. The predicted molar refractivity (Wildman–Crippen MR) is 173 cm³/mol. The summed E-state index contributed by atoms with van der Waals surface area (Å²) in [6, 6.07) is 25.2. The monoisotopic (exact) mass is 582 g/mol. The van der Waals surface area contributed by atoms with Gasteiger partial charge in [0.2, 0.25) is 11.8 Å². The standard InChI is InChI=1S/C33H42N6O2Si/c1-33(2,3)42(24-15-7-5-8-16-24,25-17-9-6-10-18-25)41-22-23-14-11-12-19-26(23)29-28(34)30(35)39-32(38-29)37-27-20-13-21-36-31(27)40-4/h5-10,13,15-18,20-21,23,26H,11-12,14,19,22,34H2,1-4H3,(H3,35,37,38,39)/t23-,26-/m0/s1. The first-order valence-electron chi connectivity index (χ1n) is 14.7. The molecule has 2 aromatic carbocycles. The first-order chi connectivity index (χ1) is 20.2. The fraction of sp³-hybridized carbons (Fsp3) is 0.364. The van der Waals surface area contributed by atoms with Crippen molar-refractivity contribution in [2.24, 2.45) is 5.92 Å². The Hall–Kier alpha value is -3.95. The number of aromatic nitrogens is 3. The van der Waals surface area contributed by atoms with Crippen molar-refractivity contribution in [1.82, 2.24) is 15.0 Å². The average Bonchev–Trinajstić information content (AvgIpc) is 3.00. The second-order valence-electron chi connectivity index (χ2n) is 12.0. The van der Waals surface area contributed by atoms with E-state index in [2.05, 4.69) is 96.7 Å². The fourth-order valence-corrected chi connectivity index (χ4v) is 11.0. The Balaban J connectivity index is 1.50. The zero-order valence-corrected chi connectivity index (χ0v) is 26.0. The normalized spacial score (nSPS) is 17.5. The zero-order chi connectivity index (χ0) is 29.7. The molecule has 0 unspecified atom stereocenters. The lowest BCUT2D eigenvalue weighted by molar-refractivity contribution is 0.176. The molecule has 0 saturated heterocycles. The van der Waals surface area contributed by atoms with Crippen molar-refractivity contribution >= 4 is 41.8 Å². The summed E-state index contributed by atoms with van der Waals surface area (Å²) in [7, 11) is -1.10. The van der Waals surface area contributed by atoms with E-state index in [1.54, 1.807) is 13.3 Å². The maximum Gasteiger partial charge on any atom is 0.261 e. The molecule has 42 heavy (non-hydrogen) atoms. The maximum absolute atomic E-state index is 7.37. The summed E-state index contributed by atoms with van der Waals surface area (Å²) in [6.45, 7) is 7.54. The van der Waals surface area contributed by atoms with Crippen molar-refractivity contribution in [2.45, 2.75) is 57.4 Å². The van der Waals surface area contributed by atoms with Crippen LogP contribution in [0, 0.1) is 5.92 Å². The predicted octanol–water partition coefficient (Wildman–Crippen LogP) is 5.64. The van der Waals surface area contributed by atoms with Crippen LogP contribution in [0.1, 0.15) is 58.1 Å². The highest BCUT2D eigenvalue weighted by Gasteiger charge is 2.50. The molecule has 9 heteroatoms. The van der Waals surface area contributed by atoms with Gasteiger partial charge in [-0.15, -0.1) is 0 Å². The molecule has 5 N–H and O–H groups in total. The Kier molecular flexibility index (Phi) is 8.79. The molecule has 0 amide bonds. The van der Waals surface area contributed by atoms with Crippen LogP contribution in [0.4, 0.5) is 23.1 Å². The first kappa shape index (κ1) is 29.5. The van der Waals surface area contributed by atoms with Gasteiger partial charge in [0.1, 0.15) is 5.69 Å². The topological polar surface area (TPSA) is 121 Å². The van der Waals surface area contributed by atoms with E-state index in [9.17, 15) is 0 Å². The number of nitrogens with one attached hydrogen (secondary N) is 1. The Labute approximate surface area is 250 Å². The van der Waals surface area contributed by atoms with Crippen LogP contribution in [0.2, 0.25) is 5.04 Å². The molecule has 1 fully saturated rings. The second kappa shape index (κ2) is 12.5. The lowest BCUT2D eigenvalue weighted by Crippen LogP contribution is -2.67. The van der Waals surface area contributed by atoms with E-state index in [4.69, 9.17) is 25.6 Å². The van der Waals surface area contributed by atoms with Crippen LogP contribution in [-0.2, 0) is 4.43 Å². The summed E-state index contributed by atoms with van der Waals surface area (Å²) >= 11 is 0. The third-order valence-corrected chi connectivity index (χ3v) is 13.4. The molecule has 8 nitrogen and oxygen atoms in total. The van der Waals surface area contributed by atoms with Gasteiger partial charge >= 0.3 is 0 Å². The molecule has 220 valence electrons. The highest BCUT2D eigenvalue weighted by atomic mass is 28.4. The zero-order valence-electron chi connectivity index (χ0n) is 25.0. The van der Waals surface area contributed by atoms with Gasteiger partial charge in [0.25, 0.3) is 8.32 Å². The molecule has 5 rings (SSSR count). The smallest absolute Gasteiger partial charge is 0.261 e. The van der Waals surface area contributed by atoms with Gasteiger partial charge in [-0.25, -0.2) is 9.97 Å². The van der Waals surface area contributed by atoms with Crippen molar-refractivity contribution in [3.05, 3.63) is 84.7 Å². The quantitative estimate of drug-likeness (QED) is 0.217. The van der Waals surface area contributed by atoms with Crippen LogP contribution in [0.15, 0.2) is 79.0 Å². The number of nitrogens with two attached hydrogens (primary N) is 2. The maximum atomic E-state index is 7.37. The van der Waals surface area contributed by atoms with Crippen molar-refractivity contribution in [3.8, 4) is 5.88 Å². The lowest BCUT2D eigenvalue weighted by atomic mass is 9.77. The molecule has 0 aliphatic heterocycles. The minimum atomic E-state index is -2.68. The number of anilines is 4. The van der Waals surface area contributed by atoms with Gasteiger partial charge in [-0.2, -0.15) is 4.98 Å². The van der Waals surface area contributed by atoms with E-state index >= 15 is 0 Å².